The summed E-state index contributed by atoms with van der Waals surface area (Å²) in [6.45, 7) is 0.658. The van der Waals surface area contributed by atoms with Crippen molar-refractivity contribution in [2.45, 2.75) is 62.7 Å². The van der Waals surface area contributed by atoms with Crippen molar-refractivity contribution < 1.29 is 39.0 Å². The highest BCUT2D eigenvalue weighted by Gasteiger charge is 2.32. The van der Waals surface area contributed by atoms with E-state index in [4.69, 9.17) is 10.8 Å². The Morgan fingerprint density at radius 1 is 0.974 bits per heavy atom. The lowest BCUT2D eigenvalue weighted by Crippen LogP contribution is -2.57. The van der Waals surface area contributed by atoms with Crippen molar-refractivity contribution in [2.24, 2.45) is 5.73 Å². The highest BCUT2D eigenvalue weighted by Crippen LogP contribution is 2.19. The normalized spacial score (nSPS) is 17.1. The molecule has 1 fully saturated rings. The molecule has 1 aliphatic rings. The molecule has 1 aromatic heterocycles. The van der Waals surface area contributed by atoms with Crippen molar-refractivity contribution in [3.05, 3.63) is 36.0 Å². The second kappa shape index (κ2) is 13.4. The van der Waals surface area contributed by atoms with E-state index < -0.39 is 72.6 Å². The fourth-order valence-electron chi connectivity index (χ4n) is 4.39. The maximum Gasteiger partial charge on any atom is 0.326 e. The topological polar surface area (TPSA) is 233 Å². The van der Waals surface area contributed by atoms with E-state index in [1.54, 1.807) is 6.20 Å². The van der Waals surface area contributed by atoms with E-state index >= 15 is 0 Å². The Balaban J connectivity index is 1.82. The number of H-pyrrole nitrogens is 1. The average Bonchev–Trinajstić information content (AvgIpc) is 3.56. The molecule has 39 heavy (non-hydrogen) atoms. The van der Waals surface area contributed by atoms with Crippen molar-refractivity contribution in [2.75, 3.05) is 6.54 Å². The van der Waals surface area contributed by atoms with Crippen molar-refractivity contribution in [1.82, 2.24) is 26.3 Å². The number of hydrogen-bond donors (Lipinski definition) is 8. The Morgan fingerprint density at radius 3 is 2.31 bits per heavy atom. The molecule has 3 rings (SSSR count). The summed E-state index contributed by atoms with van der Waals surface area (Å²) >= 11 is 0. The Labute approximate surface area is 223 Å². The van der Waals surface area contributed by atoms with E-state index in [9.17, 15) is 33.9 Å². The summed E-state index contributed by atoms with van der Waals surface area (Å²) in [6, 6.07) is 2.61. The molecule has 1 aromatic carbocycles. The molecule has 0 bridgehead atoms. The molecule has 0 spiro atoms. The lowest BCUT2D eigenvalue weighted by molar-refractivity contribution is -0.144. The molecule has 1 aliphatic heterocycles. The third kappa shape index (κ3) is 8.26. The Morgan fingerprint density at radius 2 is 1.67 bits per heavy atom. The zero-order chi connectivity index (χ0) is 28.5. The molecular formula is C25H32N6O8. The fraction of sp³-hybridized carbons (Fsp3) is 0.440. The van der Waals surface area contributed by atoms with E-state index in [1.165, 1.54) is 0 Å². The molecule has 4 amide bonds. The number of carboxylic acid groups (broad SMARTS) is 2. The van der Waals surface area contributed by atoms with Crippen LogP contribution in [0.5, 0.6) is 0 Å². The first kappa shape index (κ1) is 29.1. The molecule has 0 saturated carbocycles. The first-order chi connectivity index (χ1) is 18.5. The number of benzene rings is 1. The third-order valence-electron chi connectivity index (χ3n) is 6.41. The van der Waals surface area contributed by atoms with Crippen LogP contribution in [-0.2, 0) is 35.2 Å². The number of amides is 4. The molecule has 14 nitrogen and oxygen atoms in total. The average molecular weight is 545 g/mol. The number of carboxylic acids is 2. The predicted octanol–water partition coefficient (Wildman–Crippen LogP) is -1.26. The SMILES string of the molecule is NC(=O)CC(NC(=O)C(CCC(=O)O)NC(=O)C(Cc1c[nH]c2ccccc12)NC(=O)C1CCCN1)C(=O)O. The maximum absolute atomic E-state index is 13.4. The number of rotatable bonds is 14. The molecule has 14 heteroatoms. The van der Waals surface area contributed by atoms with Gasteiger partial charge in [-0.1, -0.05) is 18.2 Å². The van der Waals surface area contributed by atoms with E-state index in [1.807, 2.05) is 24.3 Å². The van der Waals surface area contributed by atoms with Gasteiger partial charge in [-0.05, 0) is 37.4 Å². The Kier molecular flexibility index (Phi) is 9.98. The third-order valence-corrected chi connectivity index (χ3v) is 6.41. The summed E-state index contributed by atoms with van der Waals surface area (Å²) in [5.74, 6) is -5.92. The number of primary amides is 1. The second-order valence-electron chi connectivity index (χ2n) is 9.34. The van der Waals surface area contributed by atoms with E-state index in [2.05, 4.69) is 26.3 Å². The number of carbonyl (C=O) groups is 6. The maximum atomic E-state index is 13.4. The predicted molar refractivity (Wildman–Crippen MR) is 137 cm³/mol. The smallest absolute Gasteiger partial charge is 0.326 e. The molecule has 4 unspecified atom stereocenters. The van der Waals surface area contributed by atoms with Crippen LogP contribution >= 0.6 is 0 Å². The van der Waals surface area contributed by atoms with E-state index in [-0.39, 0.29) is 12.8 Å². The summed E-state index contributed by atoms with van der Waals surface area (Å²) in [4.78, 5) is 76.2. The number of carbonyl (C=O) groups excluding carboxylic acids is 4. The minimum atomic E-state index is -1.67. The molecule has 9 N–H and O–H groups in total. The van der Waals surface area contributed by atoms with E-state index in [0.29, 0.717) is 13.0 Å². The van der Waals surface area contributed by atoms with Crippen molar-refractivity contribution in [1.29, 1.82) is 0 Å². The standard InChI is InChI=1S/C25H32N6O8/c26-20(32)11-19(25(38)39)31-23(36)17(7-8-21(33)34)29-24(37)18(30-22(35)16-6-3-9-27-16)10-13-12-28-15-5-2-1-4-14(13)15/h1-2,4-5,12,16-19,27-28H,3,6-11H2,(H2,26,32)(H,29,37)(H,30,35)(H,31,36)(H,33,34)(H,38,39). The fourth-order valence-corrected chi connectivity index (χ4v) is 4.39. The molecule has 2 heterocycles. The second-order valence-corrected chi connectivity index (χ2v) is 9.34. The van der Waals surface area contributed by atoms with Crippen LogP contribution in [0.2, 0.25) is 0 Å². The number of aromatic amines is 1. The van der Waals surface area contributed by atoms with Crippen LogP contribution in [0.25, 0.3) is 10.9 Å². The van der Waals surface area contributed by atoms with Gasteiger partial charge < -0.3 is 42.2 Å². The zero-order valence-electron chi connectivity index (χ0n) is 21.1. The van der Waals surface area contributed by atoms with Crippen LogP contribution in [0.4, 0.5) is 0 Å². The summed E-state index contributed by atoms with van der Waals surface area (Å²) in [6.07, 6.45) is 1.57. The first-order valence-corrected chi connectivity index (χ1v) is 12.5. The lowest BCUT2D eigenvalue weighted by atomic mass is 10.0. The van der Waals surface area contributed by atoms with Crippen LogP contribution in [0.15, 0.2) is 30.5 Å². The number of aliphatic carboxylic acids is 2. The quantitative estimate of drug-likeness (QED) is 0.142. The van der Waals surface area contributed by atoms with Crippen LogP contribution in [0.3, 0.4) is 0 Å². The van der Waals surface area contributed by atoms with Gasteiger partial charge in [0, 0.05) is 29.9 Å². The minimum absolute atomic E-state index is 0.0566. The number of hydrogen-bond acceptors (Lipinski definition) is 7. The minimum Gasteiger partial charge on any atom is -0.481 e. The summed E-state index contributed by atoms with van der Waals surface area (Å²) in [5.41, 5.74) is 6.60. The molecule has 210 valence electrons. The van der Waals surface area contributed by atoms with Gasteiger partial charge >= 0.3 is 11.9 Å². The summed E-state index contributed by atoms with van der Waals surface area (Å²) in [7, 11) is 0. The van der Waals surface area contributed by atoms with Crippen LogP contribution in [0.1, 0.15) is 37.7 Å². The van der Waals surface area contributed by atoms with Gasteiger partial charge in [0.05, 0.1) is 12.5 Å². The highest BCUT2D eigenvalue weighted by atomic mass is 16.4. The van der Waals surface area contributed by atoms with Crippen molar-refractivity contribution >= 4 is 46.5 Å². The van der Waals surface area contributed by atoms with Gasteiger partial charge in [0.1, 0.15) is 18.1 Å². The van der Waals surface area contributed by atoms with Gasteiger partial charge in [0.15, 0.2) is 0 Å². The largest absolute Gasteiger partial charge is 0.481 e. The van der Waals surface area contributed by atoms with Gasteiger partial charge in [0.2, 0.25) is 23.6 Å². The Bertz CT molecular complexity index is 1240. The van der Waals surface area contributed by atoms with Crippen molar-refractivity contribution in [3.8, 4) is 0 Å². The number of aromatic nitrogens is 1. The monoisotopic (exact) mass is 544 g/mol. The lowest BCUT2D eigenvalue weighted by Gasteiger charge is -2.25. The molecule has 0 radical (unpaired) electrons. The van der Waals surface area contributed by atoms with Gasteiger partial charge in [-0.25, -0.2) is 4.79 Å². The van der Waals surface area contributed by atoms with Gasteiger partial charge in [-0.2, -0.15) is 0 Å². The highest BCUT2D eigenvalue weighted by molar-refractivity contribution is 5.95. The van der Waals surface area contributed by atoms with Crippen LogP contribution < -0.4 is 27.0 Å². The number of para-hydroxylation sites is 1. The molecule has 1 saturated heterocycles. The summed E-state index contributed by atoms with van der Waals surface area (Å²) < 4.78 is 0. The van der Waals surface area contributed by atoms with Crippen LogP contribution in [0, 0.1) is 0 Å². The number of nitrogens with one attached hydrogen (secondary N) is 5. The first-order valence-electron chi connectivity index (χ1n) is 12.5. The van der Waals surface area contributed by atoms with Crippen molar-refractivity contribution in [3.63, 3.8) is 0 Å². The number of fused-ring (bicyclic) bond motifs is 1. The summed E-state index contributed by atoms with van der Waals surface area (Å²) in [5, 5.41) is 29.6. The Hall–Kier alpha value is -4.46. The molecule has 2 aromatic rings. The zero-order valence-corrected chi connectivity index (χ0v) is 21.1. The van der Waals surface area contributed by atoms with E-state index in [0.717, 1.165) is 22.9 Å². The molecule has 4 atom stereocenters. The molecular weight excluding hydrogens is 512 g/mol. The molecule has 0 aliphatic carbocycles. The van der Waals surface area contributed by atoms with Crippen LogP contribution in [-0.4, -0.2) is 81.5 Å². The van der Waals surface area contributed by atoms with Gasteiger partial charge in [-0.15, -0.1) is 0 Å². The van der Waals surface area contributed by atoms with Gasteiger partial charge in [0.25, 0.3) is 0 Å². The van der Waals surface area contributed by atoms with Gasteiger partial charge in [-0.3, -0.25) is 24.0 Å². The number of nitrogens with two attached hydrogens (primary N) is 1.